The predicted molar refractivity (Wildman–Crippen MR) is 206 cm³/mol. The van der Waals surface area contributed by atoms with Gasteiger partial charge in [0.15, 0.2) is 0 Å². The third-order valence-electron chi connectivity index (χ3n) is 9.76. The van der Waals surface area contributed by atoms with Gasteiger partial charge in [-0.15, -0.1) is 0 Å². The van der Waals surface area contributed by atoms with Crippen LogP contribution in [0.4, 0.5) is 17.1 Å². The first-order chi connectivity index (χ1) is 24.3. The highest BCUT2D eigenvalue weighted by Gasteiger charge is 2.18. The van der Waals surface area contributed by atoms with Gasteiger partial charge in [0.2, 0.25) is 0 Å². The number of aromatic nitrogens is 1. The van der Waals surface area contributed by atoms with Gasteiger partial charge in [-0.05, 0) is 101 Å². The predicted octanol–water partition coefficient (Wildman–Crippen LogP) is 13.0. The van der Waals surface area contributed by atoms with Crippen LogP contribution >= 0.6 is 0 Å². The van der Waals surface area contributed by atoms with Crippen molar-refractivity contribution in [2.75, 3.05) is 4.90 Å². The molecule has 0 aliphatic rings. The summed E-state index contributed by atoms with van der Waals surface area (Å²) in [6.45, 7) is 0. The molecule has 2 aromatic heterocycles. The number of furan rings is 1. The Morgan fingerprint density at radius 1 is 0.388 bits per heavy atom. The summed E-state index contributed by atoms with van der Waals surface area (Å²) in [4.78, 5) is 2.35. The number of para-hydroxylation sites is 4. The minimum atomic E-state index is 0.914. The fourth-order valence-corrected chi connectivity index (χ4v) is 7.52. The first-order valence-corrected chi connectivity index (χ1v) is 16.7. The highest BCUT2D eigenvalue weighted by atomic mass is 16.3. The molecule has 0 radical (unpaired) electrons. The zero-order chi connectivity index (χ0) is 32.3. The van der Waals surface area contributed by atoms with Crippen LogP contribution in [0.1, 0.15) is 0 Å². The van der Waals surface area contributed by atoms with Crippen LogP contribution in [0.15, 0.2) is 186 Å². The van der Waals surface area contributed by atoms with Crippen LogP contribution in [-0.2, 0) is 0 Å². The molecule has 0 amide bonds. The van der Waals surface area contributed by atoms with Gasteiger partial charge in [-0.25, -0.2) is 0 Å². The number of hydrogen-bond donors (Lipinski definition) is 0. The van der Waals surface area contributed by atoms with Gasteiger partial charge >= 0.3 is 0 Å². The second-order valence-electron chi connectivity index (χ2n) is 12.6. The van der Waals surface area contributed by atoms with Crippen LogP contribution < -0.4 is 4.90 Å². The Bertz CT molecular complexity index is 2810. The van der Waals surface area contributed by atoms with Crippen molar-refractivity contribution in [1.82, 2.24) is 4.57 Å². The Kier molecular flexibility index (Phi) is 6.18. The first-order valence-electron chi connectivity index (χ1n) is 16.7. The maximum Gasteiger partial charge on any atom is 0.136 e. The Morgan fingerprint density at radius 3 is 1.90 bits per heavy atom. The molecule has 0 aliphatic carbocycles. The average Bonchev–Trinajstić information content (AvgIpc) is 3.70. The minimum Gasteiger partial charge on any atom is -0.456 e. The van der Waals surface area contributed by atoms with Crippen molar-refractivity contribution in [3.8, 4) is 16.8 Å². The molecular weight excluding hydrogens is 597 g/mol. The smallest absolute Gasteiger partial charge is 0.136 e. The van der Waals surface area contributed by atoms with E-state index in [1.165, 1.54) is 43.7 Å². The number of hydrogen-bond acceptors (Lipinski definition) is 2. The normalized spacial score (nSPS) is 11.7. The summed E-state index contributed by atoms with van der Waals surface area (Å²) in [6.07, 6.45) is 0. The SMILES string of the molecule is c1ccc(N(c2ccc(-c3cccc4cc5c(cc34)oc3ccccc35)cc2)c2ccc3c(c2)c2ccccc2n3-c2ccccc2)cc1. The fourth-order valence-electron chi connectivity index (χ4n) is 7.52. The molecule has 0 saturated heterocycles. The van der Waals surface area contributed by atoms with Crippen molar-refractivity contribution in [3.05, 3.63) is 182 Å². The lowest BCUT2D eigenvalue weighted by molar-refractivity contribution is 0.669. The van der Waals surface area contributed by atoms with Crippen LogP contribution in [0.3, 0.4) is 0 Å². The summed E-state index contributed by atoms with van der Waals surface area (Å²) in [5.74, 6) is 0. The lowest BCUT2D eigenvalue weighted by atomic mass is 9.96. The summed E-state index contributed by atoms with van der Waals surface area (Å²) >= 11 is 0. The van der Waals surface area contributed by atoms with E-state index >= 15 is 0 Å². The number of fused-ring (bicyclic) bond motifs is 7. The summed E-state index contributed by atoms with van der Waals surface area (Å²) in [5.41, 5.74) is 11.1. The van der Waals surface area contributed by atoms with Crippen LogP contribution in [0.2, 0.25) is 0 Å². The number of benzene rings is 8. The highest BCUT2D eigenvalue weighted by Crippen LogP contribution is 2.41. The van der Waals surface area contributed by atoms with Gasteiger partial charge in [0.1, 0.15) is 11.2 Å². The molecule has 49 heavy (non-hydrogen) atoms. The summed E-state index contributed by atoms with van der Waals surface area (Å²) < 4.78 is 8.64. The van der Waals surface area contributed by atoms with E-state index in [-0.39, 0.29) is 0 Å². The lowest BCUT2D eigenvalue weighted by Gasteiger charge is -2.26. The second kappa shape index (κ2) is 11.0. The van der Waals surface area contributed by atoms with E-state index < -0.39 is 0 Å². The first kappa shape index (κ1) is 27.5. The van der Waals surface area contributed by atoms with E-state index in [1.54, 1.807) is 0 Å². The molecule has 0 aliphatic heterocycles. The minimum absolute atomic E-state index is 0.914. The molecule has 0 N–H and O–H groups in total. The van der Waals surface area contributed by atoms with Crippen molar-refractivity contribution in [2.24, 2.45) is 0 Å². The zero-order valence-electron chi connectivity index (χ0n) is 26.6. The van der Waals surface area contributed by atoms with Gasteiger partial charge in [-0.3, -0.25) is 0 Å². The van der Waals surface area contributed by atoms with Crippen molar-refractivity contribution < 1.29 is 4.42 Å². The molecule has 230 valence electrons. The Labute approximate surface area is 283 Å². The third kappa shape index (κ3) is 4.44. The van der Waals surface area contributed by atoms with Crippen LogP contribution in [0.25, 0.3) is 71.3 Å². The largest absolute Gasteiger partial charge is 0.456 e. The highest BCUT2D eigenvalue weighted by molar-refractivity contribution is 6.13. The summed E-state index contributed by atoms with van der Waals surface area (Å²) in [6, 6.07) is 65.0. The molecule has 2 heterocycles. The van der Waals surface area contributed by atoms with Gasteiger partial charge in [-0.1, -0.05) is 103 Å². The zero-order valence-corrected chi connectivity index (χ0v) is 26.6. The van der Waals surface area contributed by atoms with Gasteiger partial charge < -0.3 is 13.9 Å². The lowest BCUT2D eigenvalue weighted by Crippen LogP contribution is -2.09. The third-order valence-corrected chi connectivity index (χ3v) is 9.76. The van der Waals surface area contributed by atoms with Crippen LogP contribution in [0, 0.1) is 0 Å². The van der Waals surface area contributed by atoms with Gasteiger partial charge in [0.05, 0.1) is 11.0 Å². The molecule has 0 unspecified atom stereocenters. The number of nitrogens with zero attached hydrogens (tertiary/aromatic N) is 2. The quantitative estimate of drug-likeness (QED) is 0.190. The van der Waals surface area contributed by atoms with E-state index in [0.29, 0.717) is 0 Å². The molecule has 0 saturated carbocycles. The molecular formula is C46H30N2O. The van der Waals surface area contributed by atoms with E-state index in [4.69, 9.17) is 4.42 Å². The average molecular weight is 627 g/mol. The number of anilines is 3. The van der Waals surface area contributed by atoms with Crippen molar-refractivity contribution in [2.45, 2.75) is 0 Å². The molecule has 3 heteroatoms. The van der Waals surface area contributed by atoms with E-state index in [0.717, 1.165) is 44.7 Å². The molecule has 0 fully saturated rings. The van der Waals surface area contributed by atoms with E-state index in [1.807, 2.05) is 12.1 Å². The maximum atomic E-state index is 6.28. The van der Waals surface area contributed by atoms with Crippen LogP contribution in [-0.4, -0.2) is 4.57 Å². The van der Waals surface area contributed by atoms with Gasteiger partial charge in [0.25, 0.3) is 0 Å². The fraction of sp³-hybridized carbons (Fsp3) is 0. The Balaban J connectivity index is 1.10. The molecule has 0 bridgehead atoms. The molecule has 0 spiro atoms. The van der Waals surface area contributed by atoms with E-state index in [2.05, 4.69) is 179 Å². The molecule has 3 nitrogen and oxygen atoms in total. The molecule has 10 rings (SSSR count). The van der Waals surface area contributed by atoms with Crippen molar-refractivity contribution >= 4 is 71.6 Å². The molecule has 10 aromatic rings. The number of rotatable bonds is 5. The monoisotopic (exact) mass is 626 g/mol. The van der Waals surface area contributed by atoms with E-state index in [9.17, 15) is 0 Å². The van der Waals surface area contributed by atoms with Crippen molar-refractivity contribution in [3.63, 3.8) is 0 Å². The van der Waals surface area contributed by atoms with Gasteiger partial charge in [0, 0.05) is 44.3 Å². The topological polar surface area (TPSA) is 21.3 Å². The second-order valence-corrected chi connectivity index (χ2v) is 12.6. The summed E-state index contributed by atoms with van der Waals surface area (Å²) in [5, 5.41) is 7.15. The molecule has 0 atom stereocenters. The van der Waals surface area contributed by atoms with Gasteiger partial charge in [-0.2, -0.15) is 0 Å². The Morgan fingerprint density at radius 2 is 1.06 bits per heavy atom. The maximum absolute atomic E-state index is 6.28. The molecule has 8 aromatic carbocycles. The van der Waals surface area contributed by atoms with Crippen LogP contribution in [0.5, 0.6) is 0 Å². The van der Waals surface area contributed by atoms with Crippen molar-refractivity contribution in [1.29, 1.82) is 0 Å². The standard InChI is InChI=1S/C46H30N2O/c1-3-13-33(14-4-1)47(36-26-27-44-41(29-36)38-17-7-9-20-43(38)48(44)34-15-5-2-6-16-34)35-24-22-31(23-25-35)37-19-11-12-32-28-42-39-18-8-10-21-45(39)49-46(42)30-40(32)37/h1-30H. The Hall–Kier alpha value is -6.58. The summed E-state index contributed by atoms with van der Waals surface area (Å²) in [7, 11) is 0.